The zero-order chi connectivity index (χ0) is 21.6. The molecule has 0 aliphatic carbocycles. The molecule has 0 spiro atoms. The highest BCUT2D eigenvalue weighted by Crippen LogP contribution is 2.23. The summed E-state index contributed by atoms with van der Waals surface area (Å²) < 4.78 is 26.3. The predicted molar refractivity (Wildman–Crippen MR) is 105 cm³/mol. The van der Waals surface area contributed by atoms with Crippen LogP contribution in [0.1, 0.15) is 24.6 Å². The number of hydrogen-bond acceptors (Lipinski definition) is 8. The summed E-state index contributed by atoms with van der Waals surface area (Å²) in [7, 11) is 0. The minimum Gasteiger partial charge on any atom is -0.484 e. The van der Waals surface area contributed by atoms with Gasteiger partial charge in [0, 0.05) is 19.2 Å². The Morgan fingerprint density at radius 3 is 2.87 bits per heavy atom. The topological polar surface area (TPSA) is 113 Å². The molecule has 1 saturated heterocycles. The lowest BCUT2D eigenvalue weighted by molar-refractivity contribution is 0.0942. The molecule has 1 aliphatic rings. The number of benzene rings is 1. The van der Waals surface area contributed by atoms with Gasteiger partial charge in [-0.25, -0.2) is 13.9 Å². The fraction of sp³-hybridized carbons (Fsp3) is 0.368. The van der Waals surface area contributed by atoms with Gasteiger partial charge in [-0.05, 0) is 35.4 Å². The van der Waals surface area contributed by atoms with Crippen molar-refractivity contribution in [3.63, 3.8) is 0 Å². The molecule has 0 saturated carbocycles. The minimum absolute atomic E-state index is 0.0736. The number of ether oxygens (including phenoxy) is 2. The van der Waals surface area contributed by atoms with E-state index in [1.165, 1.54) is 29.2 Å². The summed E-state index contributed by atoms with van der Waals surface area (Å²) in [6.07, 6.45) is 5.60. The number of hydrogen-bond donors (Lipinski definition) is 0. The summed E-state index contributed by atoms with van der Waals surface area (Å²) >= 11 is 0. The van der Waals surface area contributed by atoms with Crippen molar-refractivity contribution in [2.45, 2.75) is 25.5 Å². The molecule has 11 nitrogen and oxygen atoms in total. The zero-order valence-corrected chi connectivity index (χ0v) is 16.7. The van der Waals surface area contributed by atoms with Gasteiger partial charge in [0.2, 0.25) is 0 Å². The number of carbonyl (C=O) groups is 1. The monoisotopic (exact) mass is 428 g/mol. The first kappa shape index (κ1) is 20.4. The first-order valence-corrected chi connectivity index (χ1v) is 9.73. The maximum absolute atomic E-state index is 14.3. The Labute approximate surface area is 177 Å². The Morgan fingerprint density at radius 1 is 1.32 bits per heavy atom. The van der Waals surface area contributed by atoms with E-state index in [2.05, 4.69) is 32.3 Å². The number of amides is 1. The number of tetrazole rings is 1. The van der Waals surface area contributed by atoms with Crippen molar-refractivity contribution < 1.29 is 18.7 Å². The summed E-state index contributed by atoms with van der Waals surface area (Å²) in [5, 5.41) is 19.5. The highest BCUT2D eigenvalue weighted by atomic mass is 19.1. The van der Waals surface area contributed by atoms with E-state index in [1.807, 2.05) is 0 Å². The van der Waals surface area contributed by atoms with Crippen LogP contribution in [0.5, 0.6) is 5.75 Å². The van der Waals surface area contributed by atoms with Crippen molar-refractivity contribution in [3.05, 3.63) is 54.9 Å². The number of likely N-dealkylation sites (tertiary alicyclic amines) is 1. The number of piperidine rings is 1. The molecule has 1 aromatic carbocycles. The largest absolute Gasteiger partial charge is 0.484 e. The Bertz CT molecular complexity index is 1030. The summed E-state index contributed by atoms with van der Waals surface area (Å²) in [6.45, 7) is 4.93. The van der Waals surface area contributed by atoms with E-state index in [9.17, 15) is 9.18 Å². The molecule has 3 heterocycles. The first-order valence-electron chi connectivity index (χ1n) is 9.73. The number of aromatic nitrogens is 7. The van der Waals surface area contributed by atoms with E-state index in [-0.39, 0.29) is 31.1 Å². The van der Waals surface area contributed by atoms with Crippen LogP contribution in [0.15, 0.2) is 43.4 Å². The van der Waals surface area contributed by atoms with Crippen LogP contribution in [-0.4, -0.2) is 65.9 Å². The minimum atomic E-state index is -0.531. The van der Waals surface area contributed by atoms with Crippen LogP contribution in [0.25, 0.3) is 5.69 Å². The Kier molecular flexibility index (Phi) is 6.15. The fourth-order valence-electron chi connectivity index (χ4n) is 3.23. The molecule has 0 atom stereocenters. The van der Waals surface area contributed by atoms with E-state index in [0.717, 1.165) is 0 Å². The first-order chi connectivity index (χ1) is 15.1. The molecule has 2 aromatic heterocycles. The lowest BCUT2D eigenvalue weighted by atomic mass is 10.1. The number of nitrogens with zero attached hydrogens (tertiary/aromatic N) is 8. The van der Waals surface area contributed by atoms with Gasteiger partial charge in [0.05, 0.1) is 17.9 Å². The van der Waals surface area contributed by atoms with Gasteiger partial charge in [0.15, 0.2) is 11.6 Å². The van der Waals surface area contributed by atoms with E-state index in [1.54, 1.807) is 22.0 Å². The third-order valence-corrected chi connectivity index (χ3v) is 4.83. The third-order valence-electron chi connectivity index (χ3n) is 4.83. The fourth-order valence-corrected chi connectivity index (χ4v) is 3.23. The second-order valence-corrected chi connectivity index (χ2v) is 6.90. The van der Waals surface area contributed by atoms with Crippen molar-refractivity contribution in [1.82, 2.24) is 40.1 Å². The Balaban J connectivity index is 1.30. The van der Waals surface area contributed by atoms with Crippen LogP contribution < -0.4 is 4.74 Å². The Morgan fingerprint density at radius 2 is 2.16 bits per heavy atom. The van der Waals surface area contributed by atoms with Crippen molar-refractivity contribution >= 4 is 6.09 Å². The van der Waals surface area contributed by atoms with Gasteiger partial charge < -0.3 is 14.4 Å². The van der Waals surface area contributed by atoms with Crippen LogP contribution >= 0.6 is 0 Å². The molecule has 162 valence electrons. The maximum atomic E-state index is 14.3. The average molecular weight is 428 g/mol. The molecule has 1 fully saturated rings. The second-order valence-electron chi connectivity index (χ2n) is 6.90. The van der Waals surface area contributed by atoms with Gasteiger partial charge >= 0.3 is 6.09 Å². The summed E-state index contributed by atoms with van der Waals surface area (Å²) in [5.74, 6) is -0.436. The molecule has 1 amide bonds. The van der Waals surface area contributed by atoms with Crippen LogP contribution in [0.2, 0.25) is 0 Å². The Hall–Kier alpha value is -3.83. The lowest BCUT2D eigenvalue weighted by Crippen LogP contribution is -2.39. The highest BCUT2D eigenvalue weighted by molar-refractivity contribution is 5.67. The predicted octanol–water partition coefficient (Wildman–Crippen LogP) is 1.93. The number of rotatable bonds is 7. The molecule has 12 heteroatoms. The molecular weight excluding hydrogens is 407 g/mol. The standard InChI is InChI=1S/C19H21FN8O3/c1-2-9-30-19(29)26-7-5-15(6-8-26)28-22-11-14(23-28)12-31-18-4-3-16(10-17(18)20)27-13-21-24-25-27/h2-4,10-11,13,15H,1,5-9,12H2. The van der Waals surface area contributed by atoms with E-state index >= 15 is 0 Å². The summed E-state index contributed by atoms with van der Waals surface area (Å²) in [6, 6.07) is 4.53. The molecule has 0 unspecified atom stereocenters. The van der Waals surface area contributed by atoms with Crippen LogP contribution in [-0.2, 0) is 11.3 Å². The van der Waals surface area contributed by atoms with E-state index in [0.29, 0.717) is 37.3 Å². The van der Waals surface area contributed by atoms with Gasteiger partial charge in [-0.2, -0.15) is 15.0 Å². The van der Waals surface area contributed by atoms with Gasteiger partial charge in [-0.1, -0.05) is 12.7 Å². The van der Waals surface area contributed by atoms with Crippen molar-refractivity contribution in [1.29, 1.82) is 0 Å². The molecule has 1 aliphatic heterocycles. The highest BCUT2D eigenvalue weighted by Gasteiger charge is 2.26. The SMILES string of the molecule is C=CCOC(=O)N1CCC(n2ncc(COc3ccc(-n4cnnn4)cc3F)n2)CC1. The molecule has 0 bridgehead atoms. The van der Waals surface area contributed by atoms with E-state index < -0.39 is 5.82 Å². The van der Waals surface area contributed by atoms with Crippen molar-refractivity contribution in [2.24, 2.45) is 0 Å². The average Bonchev–Trinajstić information content (AvgIpc) is 3.49. The molecule has 4 rings (SSSR count). The summed E-state index contributed by atoms with van der Waals surface area (Å²) in [4.78, 5) is 15.2. The zero-order valence-electron chi connectivity index (χ0n) is 16.7. The van der Waals surface area contributed by atoms with Crippen molar-refractivity contribution in [2.75, 3.05) is 19.7 Å². The van der Waals surface area contributed by atoms with Crippen molar-refractivity contribution in [3.8, 4) is 11.4 Å². The smallest absolute Gasteiger partial charge is 0.410 e. The molecule has 3 aromatic rings. The summed E-state index contributed by atoms with van der Waals surface area (Å²) in [5.41, 5.74) is 1.07. The normalized spacial score (nSPS) is 14.4. The van der Waals surface area contributed by atoms with Gasteiger partial charge in [0.25, 0.3) is 0 Å². The van der Waals surface area contributed by atoms with E-state index in [4.69, 9.17) is 9.47 Å². The van der Waals surface area contributed by atoms with Crippen LogP contribution in [0, 0.1) is 5.82 Å². The molecule has 0 N–H and O–H groups in total. The number of halogens is 1. The number of carbonyl (C=O) groups excluding carboxylic acids is 1. The maximum Gasteiger partial charge on any atom is 0.410 e. The van der Waals surface area contributed by atoms with Gasteiger partial charge in [-0.15, -0.1) is 5.10 Å². The molecule has 0 radical (unpaired) electrons. The van der Waals surface area contributed by atoms with Crippen LogP contribution in [0.4, 0.5) is 9.18 Å². The molecular formula is C19H21FN8O3. The quantitative estimate of drug-likeness (QED) is 0.525. The van der Waals surface area contributed by atoms with Gasteiger partial charge in [-0.3, -0.25) is 0 Å². The molecule has 31 heavy (non-hydrogen) atoms. The second kappa shape index (κ2) is 9.32. The lowest BCUT2D eigenvalue weighted by Gasteiger charge is -2.30. The van der Waals surface area contributed by atoms with Gasteiger partial charge in [0.1, 0.15) is 25.2 Å². The van der Waals surface area contributed by atoms with Crippen LogP contribution in [0.3, 0.4) is 0 Å². The third kappa shape index (κ3) is 4.85.